The van der Waals surface area contributed by atoms with Crippen LogP contribution in [0.5, 0.6) is 0 Å². The third-order valence-corrected chi connectivity index (χ3v) is 12.4. The number of esters is 1. The first kappa shape index (κ1) is 56.9. The number of carbonyl (C=O) groups excluding carboxylic acids is 8. The Balaban J connectivity index is 0.00000463. The monoisotopic (exact) mass is 1050 g/mol. The molecule has 4 aromatic rings. The van der Waals surface area contributed by atoms with Crippen LogP contribution in [0.3, 0.4) is 0 Å². The number of imide groups is 1. The number of aryl methyl sites for hydroxylation is 1. The lowest BCUT2D eigenvalue weighted by atomic mass is 9.97. The highest BCUT2D eigenvalue weighted by atomic mass is 19.1. The van der Waals surface area contributed by atoms with E-state index < -0.39 is 78.7 Å². The van der Waals surface area contributed by atoms with Gasteiger partial charge in [0.15, 0.2) is 6.10 Å². The number of hydrogen-bond acceptors (Lipinski definition) is 16. The summed E-state index contributed by atoms with van der Waals surface area (Å²) in [6, 6.07) is 12.1. The summed E-state index contributed by atoms with van der Waals surface area (Å²) in [5.41, 5.74) is 9.78. The summed E-state index contributed by atoms with van der Waals surface area (Å²) in [6.45, 7) is 4.16. The first-order chi connectivity index (χ1) is 36.5. The number of nitrogens with one attached hydrogen (secondary N) is 5. The number of cyclic esters (lactones) is 1. The van der Waals surface area contributed by atoms with Crippen molar-refractivity contribution in [3.05, 3.63) is 122 Å². The molecule has 3 aliphatic rings. The average molecular weight is 1050 g/mol. The number of carbonyl (C=O) groups is 8. The fourth-order valence-electron chi connectivity index (χ4n) is 8.47. The summed E-state index contributed by atoms with van der Waals surface area (Å²) in [6.07, 6.45) is 4.18. The van der Waals surface area contributed by atoms with Crippen LogP contribution >= 0.6 is 0 Å². The number of unbranched alkanes of at least 4 members (excludes halogenated alkanes) is 2. The average Bonchev–Trinajstić information content (AvgIpc) is 3.96. The van der Waals surface area contributed by atoms with Gasteiger partial charge in [-0.05, 0) is 48.6 Å². The van der Waals surface area contributed by atoms with Gasteiger partial charge in [-0.2, -0.15) is 0 Å². The summed E-state index contributed by atoms with van der Waals surface area (Å²) in [5.74, 6) is 1.35. The number of hydrogen-bond donors (Lipinski definition) is 8. The minimum absolute atomic E-state index is 0.0509. The second-order valence-electron chi connectivity index (χ2n) is 17.7. The van der Waals surface area contributed by atoms with Gasteiger partial charge in [-0.25, -0.2) is 20.0 Å². The summed E-state index contributed by atoms with van der Waals surface area (Å²) in [7, 11) is 0. The van der Waals surface area contributed by atoms with Gasteiger partial charge in [0.2, 0.25) is 29.5 Å². The van der Waals surface area contributed by atoms with E-state index in [1.807, 2.05) is 13.8 Å². The maximum atomic E-state index is 14.9. The van der Waals surface area contributed by atoms with Crippen molar-refractivity contribution in [2.45, 2.75) is 91.1 Å². The van der Waals surface area contributed by atoms with Crippen molar-refractivity contribution < 1.29 is 57.3 Å². The molecule has 404 valence electrons. The summed E-state index contributed by atoms with van der Waals surface area (Å²) in [5, 5.41) is 24.9. The minimum Gasteiger partial charge on any atom is -0.458 e. The third kappa shape index (κ3) is 14.7. The highest BCUT2D eigenvalue weighted by Crippen LogP contribution is 2.38. The van der Waals surface area contributed by atoms with Crippen molar-refractivity contribution in [2.75, 3.05) is 39.5 Å². The van der Waals surface area contributed by atoms with Crippen LogP contribution in [0.2, 0.25) is 0 Å². The molecule has 2 atom stereocenters. The van der Waals surface area contributed by atoms with Crippen LogP contribution in [0.25, 0.3) is 22.3 Å². The van der Waals surface area contributed by atoms with Gasteiger partial charge in [-0.15, -0.1) is 0 Å². The predicted octanol–water partition coefficient (Wildman–Crippen LogP) is 0.507. The maximum absolute atomic E-state index is 14.9. The first-order valence-electron chi connectivity index (χ1n) is 24.7. The molecule has 2 aromatic carbocycles. The molecule has 2 unspecified atom stereocenters. The Bertz CT molecular complexity index is 2980. The molecule has 0 saturated heterocycles. The molecule has 0 aliphatic carbocycles. The molecule has 0 bridgehead atoms. The number of nitrogens with zero attached hydrogens (tertiary/aromatic N) is 4. The van der Waals surface area contributed by atoms with E-state index >= 15 is 0 Å². The highest BCUT2D eigenvalue weighted by Gasteiger charge is 2.35. The normalized spacial score (nSPS) is 14.7. The Morgan fingerprint density at radius 3 is 2.32 bits per heavy atom. The number of benzene rings is 2. The number of fused-ring (bicyclic) bond motifs is 5. The predicted molar refractivity (Wildman–Crippen MR) is 272 cm³/mol. The van der Waals surface area contributed by atoms with Crippen molar-refractivity contribution in [1.82, 2.24) is 46.0 Å². The van der Waals surface area contributed by atoms with Gasteiger partial charge in [0.25, 0.3) is 17.4 Å². The van der Waals surface area contributed by atoms with E-state index in [-0.39, 0.29) is 81.8 Å². The highest BCUT2D eigenvalue weighted by molar-refractivity contribution is 6.12. The van der Waals surface area contributed by atoms with Crippen LogP contribution in [-0.4, -0.2) is 117 Å². The number of aromatic nitrogens is 2. The lowest BCUT2D eigenvalue weighted by Gasteiger charge is -2.21. The molecule has 0 fully saturated rings. The van der Waals surface area contributed by atoms with Crippen LogP contribution in [0.15, 0.2) is 77.4 Å². The molecular formula is C52H62FN11O12. The molecule has 0 spiro atoms. The van der Waals surface area contributed by atoms with Crippen molar-refractivity contribution in [3.63, 3.8) is 0 Å². The van der Waals surface area contributed by atoms with Gasteiger partial charge in [0.05, 0.1) is 61.8 Å². The van der Waals surface area contributed by atoms with Crippen molar-refractivity contribution in [2.24, 2.45) is 11.6 Å². The van der Waals surface area contributed by atoms with Gasteiger partial charge in [0.1, 0.15) is 25.2 Å². The minimum atomic E-state index is -1.65. The number of halogens is 1. The quantitative estimate of drug-likeness (QED) is 0.0104. The molecule has 7 amide bonds. The number of hydrazine groups is 1. The van der Waals surface area contributed by atoms with E-state index in [9.17, 15) is 52.6 Å². The number of amides is 7. The van der Waals surface area contributed by atoms with Gasteiger partial charge < -0.3 is 56.5 Å². The molecule has 0 saturated carbocycles. The number of aliphatic hydroxyl groups excluding tert-OH is 1. The number of pyridine rings is 2. The van der Waals surface area contributed by atoms with Crippen LogP contribution in [-0.2, 0) is 73.9 Å². The van der Waals surface area contributed by atoms with Crippen molar-refractivity contribution >= 4 is 58.2 Å². The Morgan fingerprint density at radius 2 is 1.58 bits per heavy atom. The maximum Gasteiger partial charge on any atom is 0.340 e. The standard InChI is InChI=1S/C50H56FN11O12.C2H6/c1-28-16-31-33(34-25-62-39(46(34)59-37(31)19-36(28)51)18-32-35(49(62)71)26-74-50(72)47(32)69)24-60(53)23-30(52)13-15-73-27-57-42(65)21-56-48(70)38(17-29-8-4-2-5-9-29)58-43(66)22-55-41(64)20-54-40(63)10-6-3-7-14-61-44(67)11-12-45(61)68;1-2/h2,4-5,8-9,11-12,16,18-19,23,38,47,69H,3,6-7,10,13-15,17,20-22,24-27,52-53H2,1H3,(H,54,63)(H,55,64)(H,56,70)(H,57,65)(H,58,66);1-2H3/b30-23-;. The fraction of sp³-hybridized carbons (Fsp3) is 0.385. The van der Waals surface area contributed by atoms with E-state index in [0.717, 1.165) is 4.90 Å². The number of rotatable bonds is 24. The Labute approximate surface area is 436 Å². The molecular weight excluding hydrogens is 990 g/mol. The number of nitrogens with two attached hydrogens (primary N) is 2. The molecule has 5 heterocycles. The molecule has 0 radical (unpaired) electrons. The fourth-order valence-corrected chi connectivity index (χ4v) is 8.47. The van der Waals surface area contributed by atoms with Gasteiger partial charge in [-0.3, -0.25) is 43.3 Å². The topological polar surface area (TPSA) is 329 Å². The van der Waals surface area contributed by atoms with Crippen molar-refractivity contribution in [1.29, 1.82) is 0 Å². The molecule has 2 aromatic heterocycles. The summed E-state index contributed by atoms with van der Waals surface area (Å²) >= 11 is 0. The van der Waals surface area contributed by atoms with Gasteiger partial charge in [-0.1, -0.05) is 50.6 Å². The zero-order valence-corrected chi connectivity index (χ0v) is 42.4. The number of aliphatic hydroxyl groups is 1. The number of ether oxygens (including phenoxy) is 2. The lowest BCUT2D eigenvalue weighted by molar-refractivity contribution is -0.157. The summed E-state index contributed by atoms with van der Waals surface area (Å²) < 4.78 is 26.9. The van der Waals surface area contributed by atoms with Gasteiger partial charge in [0, 0.05) is 72.4 Å². The van der Waals surface area contributed by atoms with Crippen LogP contribution in [0.4, 0.5) is 4.39 Å². The Morgan fingerprint density at radius 1 is 0.895 bits per heavy atom. The molecule has 23 nitrogen and oxygen atoms in total. The van der Waals surface area contributed by atoms with Crippen molar-refractivity contribution in [3.8, 4) is 11.4 Å². The SMILES string of the molecule is CC.Cc1cc2c(CN(N)/C=C(\N)CCOCNC(=O)CNC(=O)C(Cc3ccccc3)NC(=O)CNC(=O)CNC(=O)CCCCCN3C(=O)C=CC3=O)c3c(nc2cc1F)-c1cc2c(c(=O)n1C3)COC(=O)C2O. The zero-order valence-electron chi connectivity index (χ0n) is 42.4. The first-order valence-corrected chi connectivity index (χ1v) is 24.7. The van der Waals surface area contributed by atoms with E-state index in [4.69, 9.17) is 26.0 Å². The largest absolute Gasteiger partial charge is 0.458 e. The lowest BCUT2D eigenvalue weighted by Crippen LogP contribution is -2.52. The molecule has 24 heteroatoms. The molecule has 3 aliphatic heterocycles. The van der Waals surface area contributed by atoms with Crippen LogP contribution in [0, 0.1) is 12.7 Å². The second kappa shape index (κ2) is 26.7. The van der Waals surface area contributed by atoms with E-state index in [1.165, 1.54) is 40.1 Å². The Hall–Kier alpha value is -8.35. The van der Waals surface area contributed by atoms with Crippen LogP contribution in [0.1, 0.15) is 85.4 Å². The van der Waals surface area contributed by atoms with E-state index in [2.05, 4.69) is 26.6 Å². The third-order valence-electron chi connectivity index (χ3n) is 12.4. The van der Waals surface area contributed by atoms with Crippen LogP contribution < -0.4 is 43.7 Å². The molecule has 10 N–H and O–H groups in total. The second-order valence-corrected chi connectivity index (χ2v) is 17.7. The Kier molecular flexibility index (Phi) is 20.0. The van der Waals surface area contributed by atoms with Gasteiger partial charge >= 0.3 is 5.97 Å². The molecule has 7 rings (SSSR count). The zero-order chi connectivity index (χ0) is 55.1. The summed E-state index contributed by atoms with van der Waals surface area (Å²) in [4.78, 5) is 118. The van der Waals surface area contributed by atoms with E-state index in [1.54, 1.807) is 43.3 Å². The molecule has 76 heavy (non-hydrogen) atoms. The van der Waals surface area contributed by atoms with E-state index in [0.29, 0.717) is 69.5 Å². The smallest absolute Gasteiger partial charge is 0.340 e.